The van der Waals surface area contributed by atoms with Crippen LogP contribution in [0, 0.1) is 5.95 Å². The highest BCUT2D eigenvalue weighted by Gasteiger charge is 2.06. The number of carboxylic acid groups (broad SMARTS) is 1. The summed E-state index contributed by atoms with van der Waals surface area (Å²) in [4.78, 5) is 24.5. The fourth-order valence-electron chi connectivity index (χ4n) is 1.69. The normalized spacial score (nSPS) is 10.9. The van der Waals surface area contributed by atoms with Crippen LogP contribution >= 0.6 is 0 Å². The predicted molar refractivity (Wildman–Crippen MR) is 58.5 cm³/mol. The maximum atomic E-state index is 13.3. The van der Waals surface area contributed by atoms with Crippen molar-refractivity contribution < 1.29 is 14.3 Å². The number of hydrogen-bond acceptors (Lipinski definition) is 2. The van der Waals surface area contributed by atoms with Gasteiger partial charge in [0.05, 0.1) is 0 Å². The van der Waals surface area contributed by atoms with Crippen molar-refractivity contribution in [3.8, 4) is 0 Å². The lowest BCUT2D eigenvalue weighted by atomic mass is 10.2. The van der Waals surface area contributed by atoms with Crippen molar-refractivity contribution in [2.75, 3.05) is 0 Å². The molecule has 17 heavy (non-hydrogen) atoms. The molecule has 0 aromatic carbocycles. The molecule has 5 nitrogen and oxygen atoms in total. The van der Waals surface area contributed by atoms with Gasteiger partial charge in [-0.25, -0.2) is 0 Å². The number of aromatic nitrogens is 2. The number of fused-ring (bicyclic) bond motifs is 1. The van der Waals surface area contributed by atoms with E-state index in [4.69, 9.17) is 5.11 Å². The molecule has 0 amide bonds. The van der Waals surface area contributed by atoms with Crippen LogP contribution in [0.5, 0.6) is 0 Å². The molecule has 0 atom stereocenters. The van der Waals surface area contributed by atoms with E-state index in [9.17, 15) is 14.0 Å². The quantitative estimate of drug-likeness (QED) is 0.839. The second-order valence-corrected chi connectivity index (χ2v) is 3.77. The molecule has 0 aliphatic carbocycles. The van der Waals surface area contributed by atoms with Crippen molar-refractivity contribution in [3.05, 3.63) is 40.3 Å². The summed E-state index contributed by atoms with van der Waals surface area (Å²) in [5, 5.41) is 8.49. The zero-order valence-electron chi connectivity index (χ0n) is 8.94. The molecule has 0 aliphatic rings. The standard InChI is InChI=1S/C11H11FN2O3/c12-9-5-4-8-11(17)13-7(6-14(8)9)2-1-3-10(15)16/h4-6H,1-3H2,(H,13,17)(H,15,16). The number of nitrogens with zero attached hydrogens (tertiary/aromatic N) is 1. The van der Waals surface area contributed by atoms with Crippen molar-refractivity contribution in [1.29, 1.82) is 0 Å². The SMILES string of the molecule is O=C(O)CCCc1cn2c(F)ccc2c(=O)[nH]1. The highest BCUT2D eigenvalue weighted by Crippen LogP contribution is 2.07. The van der Waals surface area contributed by atoms with E-state index in [-0.39, 0.29) is 17.5 Å². The van der Waals surface area contributed by atoms with E-state index >= 15 is 0 Å². The first-order valence-electron chi connectivity index (χ1n) is 5.18. The maximum Gasteiger partial charge on any atom is 0.303 e. The van der Waals surface area contributed by atoms with Gasteiger partial charge in [0.25, 0.3) is 5.56 Å². The molecule has 2 aromatic rings. The van der Waals surface area contributed by atoms with E-state index in [0.29, 0.717) is 18.5 Å². The molecular weight excluding hydrogens is 227 g/mol. The van der Waals surface area contributed by atoms with Crippen molar-refractivity contribution in [1.82, 2.24) is 9.38 Å². The van der Waals surface area contributed by atoms with Crippen LogP contribution in [0.2, 0.25) is 0 Å². The van der Waals surface area contributed by atoms with Crippen LogP contribution in [0.25, 0.3) is 5.52 Å². The van der Waals surface area contributed by atoms with Gasteiger partial charge in [0, 0.05) is 18.3 Å². The van der Waals surface area contributed by atoms with Crippen LogP contribution in [0.1, 0.15) is 18.5 Å². The summed E-state index contributed by atoms with van der Waals surface area (Å²) in [6, 6.07) is 2.61. The van der Waals surface area contributed by atoms with Gasteiger partial charge < -0.3 is 10.1 Å². The van der Waals surface area contributed by atoms with Crippen molar-refractivity contribution in [2.24, 2.45) is 0 Å². The number of carboxylic acids is 1. The second kappa shape index (κ2) is 4.40. The van der Waals surface area contributed by atoms with Gasteiger partial charge in [0.15, 0.2) is 5.95 Å². The van der Waals surface area contributed by atoms with E-state index in [0.717, 1.165) is 4.40 Å². The third-order valence-electron chi connectivity index (χ3n) is 2.50. The van der Waals surface area contributed by atoms with E-state index in [1.54, 1.807) is 0 Å². The minimum atomic E-state index is -0.888. The Morgan fingerprint density at radius 3 is 2.94 bits per heavy atom. The molecule has 0 unspecified atom stereocenters. The number of carbonyl (C=O) groups is 1. The number of rotatable bonds is 4. The Hall–Kier alpha value is -2.11. The maximum absolute atomic E-state index is 13.3. The summed E-state index contributed by atoms with van der Waals surface area (Å²) < 4.78 is 14.4. The molecule has 0 saturated heterocycles. The minimum absolute atomic E-state index is 0.0221. The number of aryl methyl sites for hydroxylation is 1. The van der Waals surface area contributed by atoms with Gasteiger partial charge in [0.2, 0.25) is 0 Å². The summed E-state index contributed by atoms with van der Waals surface area (Å²) in [6.45, 7) is 0. The average Bonchev–Trinajstić information content (AvgIpc) is 2.61. The average molecular weight is 238 g/mol. The lowest BCUT2D eigenvalue weighted by Gasteiger charge is -2.02. The zero-order chi connectivity index (χ0) is 12.4. The van der Waals surface area contributed by atoms with Crippen LogP contribution < -0.4 is 5.56 Å². The topological polar surface area (TPSA) is 74.6 Å². The Bertz CT molecular complexity index is 615. The zero-order valence-corrected chi connectivity index (χ0v) is 8.94. The van der Waals surface area contributed by atoms with Crippen LogP contribution in [0.3, 0.4) is 0 Å². The number of hydrogen-bond donors (Lipinski definition) is 2. The fraction of sp³-hybridized carbons (Fsp3) is 0.273. The molecule has 0 aliphatic heterocycles. The van der Waals surface area contributed by atoms with Gasteiger partial charge in [-0.3, -0.25) is 14.0 Å². The van der Waals surface area contributed by atoms with Gasteiger partial charge in [-0.15, -0.1) is 0 Å². The Balaban J connectivity index is 2.26. The van der Waals surface area contributed by atoms with E-state index in [1.807, 2.05) is 0 Å². The summed E-state index contributed by atoms with van der Waals surface area (Å²) in [5.74, 6) is -1.40. The number of aromatic amines is 1. The van der Waals surface area contributed by atoms with Gasteiger partial charge in [0.1, 0.15) is 5.52 Å². The molecule has 0 fully saturated rings. The number of halogens is 1. The van der Waals surface area contributed by atoms with Gasteiger partial charge in [-0.05, 0) is 25.0 Å². The molecule has 0 radical (unpaired) electrons. The minimum Gasteiger partial charge on any atom is -0.481 e. The lowest BCUT2D eigenvalue weighted by Crippen LogP contribution is -2.13. The van der Waals surface area contributed by atoms with E-state index in [1.165, 1.54) is 18.3 Å². The molecule has 0 bridgehead atoms. The summed E-state index contributed by atoms with van der Waals surface area (Å²) in [6.07, 6.45) is 2.30. The Morgan fingerprint density at radius 2 is 2.24 bits per heavy atom. The monoisotopic (exact) mass is 238 g/mol. The number of aliphatic carboxylic acids is 1. The first-order valence-corrected chi connectivity index (χ1v) is 5.18. The van der Waals surface area contributed by atoms with Crippen molar-refractivity contribution >= 4 is 11.5 Å². The van der Waals surface area contributed by atoms with E-state index in [2.05, 4.69) is 4.98 Å². The molecule has 6 heteroatoms. The first kappa shape index (κ1) is 11.4. The largest absolute Gasteiger partial charge is 0.481 e. The Kier molecular flexibility index (Phi) is 2.95. The summed E-state index contributed by atoms with van der Waals surface area (Å²) >= 11 is 0. The second-order valence-electron chi connectivity index (χ2n) is 3.77. The summed E-state index contributed by atoms with van der Waals surface area (Å²) in [7, 11) is 0. The molecule has 2 heterocycles. The van der Waals surface area contributed by atoms with Crippen LogP contribution in [0.15, 0.2) is 23.1 Å². The van der Waals surface area contributed by atoms with Crippen LogP contribution in [0.4, 0.5) is 4.39 Å². The first-order chi connectivity index (χ1) is 8.08. The molecule has 0 saturated carbocycles. The molecule has 0 spiro atoms. The molecule has 90 valence electrons. The number of nitrogens with one attached hydrogen (secondary N) is 1. The molecule has 2 rings (SSSR count). The van der Waals surface area contributed by atoms with Gasteiger partial charge >= 0.3 is 5.97 Å². The number of H-pyrrole nitrogens is 1. The highest BCUT2D eigenvalue weighted by atomic mass is 19.1. The van der Waals surface area contributed by atoms with Crippen LogP contribution in [-0.4, -0.2) is 20.5 Å². The third kappa shape index (κ3) is 2.35. The Labute approximate surface area is 95.5 Å². The van der Waals surface area contributed by atoms with E-state index < -0.39 is 11.9 Å². The Morgan fingerprint density at radius 1 is 1.47 bits per heavy atom. The highest BCUT2D eigenvalue weighted by molar-refractivity contribution is 5.66. The van der Waals surface area contributed by atoms with Gasteiger partial charge in [-0.2, -0.15) is 4.39 Å². The predicted octanol–water partition coefficient (Wildman–Crippen LogP) is 1.17. The smallest absolute Gasteiger partial charge is 0.303 e. The molecule has 2 aromatic heterocycles. The molecule has 2 N–H and O–H groups in total. The fourth-order valence-corrected chi connectivity index (χ4v) is 1.69. The molecular formula is C11H11FN2O3. The summed E-state index contributed by atoms with van der Waals surface area (Å²) in [5.41, 5.74) is 0.394. The van der Waals surface area contributed by atoms with Crippen molar-refractivity contribution in [3.63, 3.8) is 0 Å². The van der Waals surface area contributed by atoms with Crippen molar-refractivity contribution in [2.45, 2.75) is 19.3 Å². The lowest BCUT2D eigenvalue weighted by molar-refractivity contribution is -0.137. The third-order valence-corrected chi connectivity index (χ3v) is 2.50. The van der Waals surface area contributed by atoms with Crippen LogP contribution in [-0.2, 0) is 11.2 Å². The van der Waals surface area contributed by atoms with Gasteiger partial charge in [-0.1, -0.05) is 0 Å².